The van der Waals surface area contributed by atoms with Gasteiger partial charge in [-0.3, -0.25) is 0 Å². The topological polar surface area (TPSA) is 58.7 Å². The van der Waals surface area contributed by atoms with Crippen molar-refractivity contribution in [1.82, 2.24) is 4.90 Å². The summed E-state index contributed by atoms with van der Waals surface area (Å²) in [5.74, 6) is 0.396. The molecular formula is C14H19N3O. The zero-order chi connectivity index (χ0) is 13.4. The molecule has 0 bridgehead atoms. The van der Waals surface area contributed by atoms with Crippen molar-refractivity contribution in [1.29, 1.82) is 0 Å². The maximum Gasteiger partial charge on any atom is 0.346 e. The number of aliphatic imine (C=N–C) groups is 1. The highest BCUT2D eigenvalue weighted by molar-refractivity contribution is 6.03. The van der Waals surface area contributed by atoms with Crippen LogP contribution in [0.4, 0.5) is 4.79 Å². The first-order chi connectivity index (χ1) is 8.45. The van der Waals surface area contributed by atoms with E-state index in [2.05, 4.69) is 31.0 Å². The van der Waals surface area contributed by atoms with Crippen molar-refractivity contribution >= 4 is 11.9 Å². The number of amidine groups is 1. The number of urea groups is 1. The van der Waals surface area contributed by atoms with Gasteiger partial charge in [-0.05, 0) is 49.9 Å². The fraction of sp³-hybridized carbons (Fsp3) is 0.429. The fourth-order valence-electron chi connectivity index (χ4n) is 2.43. The van der Waals surface area contributed by atoms with Crippen LogP contribution < -0.4 is 5.73 Å². The molecule has 2 N–H and O–H groups in total. The highest BCUT2D eigenvalue weighted by Gasteiger charge is 2.34. The molecule has 4 heteroatoms. The minimum atomic E-state index is -0.238. The Bertz CT molecular complexity index is 534. The van der Waals surface area contributed by atoms with E-state index in [4.69, 9.17) is 5.73 Å². The first-order valence-electron chi connectivity index (χ1n) is 6.18. The first kappa shape index (κ1) is 12.6. The number of hydrogen-bond donors (Lipinski definition) is 1. The molecule has 96 valence electrons. The molecule has 1 aliphatic rings. The van der Waals surface area contributed by atoms with Crippen molar-refractivity contribution in [2.24, 2.45) is 10.7 Å². The summed E-state index contributed by atoms with van der Waals surface area (Å²) in [5.41, 5.74) is 10.6. The first-order valence-corrected chi connectivity index (χ1v) is 6.18. The molecule has 0 aliphatic carbocycles. The third kappa shape index (κ3) is 1.88. The van der Waals surface area contributed by atoms with Crippen molar-refractivity contribution in [2.45, 2.75) is 33.7 Å². The van der Waals surface area contributed by atoms with Gasteiger partial charge in [0.05, 0.1) is 0 Å². The average molecular weight is 245 g/mol. The molecule has 0 aromatic heterocycles. The molecule has 0 saturated heterocycles. The number of benzene rings is 1. The number of likely N-dealkylation sites (N-methyl/N-ethyl adjacent to an activating group) is 1. The van der Waals surface area contributed by atoms with E-state index in [9.17, 15) is 4.79 Å². The maximum atomic E-state index is 11.7. The molecule has 1 heterocycles. The van der Waals surface area contributed by atoms with Crippen LogP contribution in [-0.4, -0.2) is 23.3 Å². The van der Waals surface area contributed by atoms with Crippen LogP contribution in [0.25, 0.3) is 0 Å². The van der Waals surface area contributed by atoms with Crippen molar-refractivity contribution in [3.8, 4) is 0 Å². The lowest BCUT2D eigenvalue weighted by Crippen LogP contribution is -2.33. The normalized spacial score (nSPS) is 19.3. The quantitative estimate of drug-likeness (QED) is 0.870. The van der Waals surface area contributed by atoms with Crippen LogP contribution in [0.3, 0.4) is 0 Å². The molecule has 18 heavy (non-hydrogen) atoms. The van der Waals surface area contributed by atoms with Crippen LogP contribution in [0.2, 0.25) is 0 Å². The number of aryl methyl sites for hydroxylation is 3. The predicted molar refractivity (Wildman–Crippen MR) is 72.8 cm³/mol. The van der Waals surface area contributed by atoms with Crippen molar-refractivity contribution in [2.75, 3.05) is 6.54 Å². The fourth-order valence-corrected chi connectivity index (χ4v) is 2.43. The van der Waals surface area contributed by atoms with Crippen LogP contribution in [-0.2, 0) is 0 Å². The Hall–Kier alpha value is -1.84. The van der Waals surface area contributed by atoms with E-state index in [1.165, 1.54) is 11.1 Å². The van der Waals surface area contributed by atoms with Gasteiger partial charge in [-0.15, -0.1) is 0 Å². The lowest BCUT2D eigenvalue weighted by Gasteiger charge is -2.25. The SMILES string of the molecule is CCN1C(=O)N=C(N)C1c1cc(C)c(C)cc1C. The molecule has 1 unspecified atom stereocenters. The third-order valence-electron chi connectivity index (χ3n) is 3.58. The molecular weight excluding hydrogens is 226 g/mol. The Morgan fingerprint density at radius 2 is 1.83 bits per heavy atom. The van der Waals surface area contributed by atoms with Gasteiger partial charge in [-0.1, -0.05) is 12.1 Å². The minimum Gasteiger partial charge on any atom is -0.385 e. The van der Waals surface area contributed by atoms with Crippen molar-refractivity contribution < 1.29 is 4.79 Å². The molecule has 0 saturated carbocycles. The number of hydrogen-bond acceptors (Lipinski definition) is 2. The summed E-state index contributed by atoms with van der Waals surface area (Å²) in [7, 11) is 0. The number of carbonyl (C=O) groups is 1. The summed E-state index contributed by atoms with van der Waals surface area (Å²) in [6.07, 6.45) is 0. The van der Waals surface area contributed by atoms with Crippen LogP contribution >= 0.6 is 0 Å². The van der Waals surface area contributed by atoms with Gasteiger partial charge in [0, 0.05) is 6.54 Å². The number of rotatable bonds is 2. The molecule has 1 aromatic rings. The van der Waals surface area contributed by atoms with E-state index in [1.54, 1.807) is 4.90 Å². The smallest absolute Gasteiger partial charge is 0.346 e. The van der Waals surface area contributed by atoms with Crippen LogP contribution in [0.1, 0.15) is 35.2 Å². The van der Waals surface area contributed by atoms with Crippen LogP contribution in [0.5, 0.6) is 0 Å². The zero-order valence-corrected chi connectivity index (χ0v) is 11.3. The summed E-state index contributed by atoms with van der Waals surface area (Å²) in [6, 6.07) is 3.80. The third-order valence-corrected chi connectivity index (χ3v) is 3.58. The van der Waals surface area contributed by atoms with E-state index in [0.29, 0.717) is 12.4 Å². The number of nitrogens with two attached hydrogens (primary N) is 1. The second kappa shape index (κ2) is 4.44. The zero-order valence-electron chi connectivity index (χ0n) is 11.3. The molecule has 1 aliphatic heterocycles. The monoisotopic (exact) mass is 245 g/mol. The van der Waals surface area contributed by atoms with Gasteiger partial charge in [0.1, 0.15) is 11.9 Å². The van der Waals surface area contributed by atoms with Gasteiger partial charge in [0.15, 0.2) is 0 Å². The lowest BCUT2D eigenvalue weighted by molar-refractivity contribution is 0.209. The van der Waals surface area contributed by atoms with Crippen LogP contribution in [0.15, 0.2) is 17.1 Å². The standard InChI is InChI=1S/C14H19N3O/c1-5-17-12(13(15)16-14(17)18)11-7-9(3)8(2)6-10(11)4/h6-7,12H,5H2,1-4H3,(H2,15,16,18). The Kier molecular flexibility index (Phi) is 3.11. The van der Waals surface area contributed by atoms with Gasteiger partial charge >= 0.3 is 6.03 Å². The summed E-state index contributed by atoms with van der Waals surface area (Å²) >= 11 is 0. The second-order valence-corrected chi connectivity index (χ2v) is 4.80. The largest absolute Gasteiger partial charge is 0.385 e. The van der Waals surface area contributed by atoms with E-state index >= 15 is 0 Å². The molecule has 2 amide bonds. The van der Waals surface area contributed by atoms with E-state index in [1.807, 2.05) is 13.8 Å². The Balaban J connectivity index is 2.51. The van der Waals surface area contributed by atoms with E-state index < -0.39 is 0 Å². The summed E-state index contributed by atoms with van der Waals surface area (Å²) < 4.78 is 0. The number of nitrogens with zero attached hydrogens (tertiary/aromatic N) is 2. The van der Waals surface area contributed by atoms with E-state index in [0.717, 1.165) is 11.1 Å². The summed E-state index contributed by atoms with van der Waals surface area (Å²) in [4.78, 5) is 17.3. The second-order valence-electron chi connectivity index (χ2n) is 4.80. The molecule has 2 rings (SSSR count). The lowest BCUT2D eigenvalue weighted by atomic mass is 9.95. The summed E-state index contributed by atoms with van der Waals surface area (Å²) in [6.45, 7) is 8.75. The average Bonchev–Trinajstić information content (AvgIpc) is 2.58. The minimum absolute atomic E-state index is 0.207. The van der Waals surface area contributed by atoms with Crippen molar-refractivity contribution in [3.63, 3.8) is 0 Å². The summed E-state index contributed by atoms with van der Waals surface area (Å²) in [5, 5.41) is 0. The van der Waals surface area contributed by atoms with Crippen LogP contribution in [0, 0.1) is 20.8 Å². The Labute approximate surface area is 108 Å². The number of amides is 2. The van der Waals surface area contributed by atoms with E-state index in [-0.39, 0.29) is 12.1 Å². The van der Waals surface area contributed by atoms with Crippen molar-refractivity contribution in [3.05, 3.63) is 34.4 Å². The predicted octanol–water partition coefficient (Wildman–Crippen LogP) is 2.47. The van der Waals surface area contributed by atoms with Gasteiger partial charge in [0.2, 0.25) is 0 Å². The molecule has 0 fully saturated rings. The highest BCUT2D eigenvalue weighted by atomic mass is 16.2. The molecule has 0 spiro atoms. The van der Waals surface area contributed by atoms with Gasteiger partial charge in [-0.2, -0.15) is 4.99 Å². The number of carbonyl (C=O) groups excluding carboxylic acids is 1. The van der Waals surface area contributed by atoms with Gasteiger partial charge in [0.25, 0.3) is 0 Å². The molecule has 1 aromatic carbocycles. The highest BCUT2D eigenvalue weighted by Crippen LogP contribution is 2.30. The van der Waals surface area contributed by atoms with Gasteiger partial charge < -0.3 is 10.6 Å². The maximum absolute atomic E-state index is 11.7. The Morgan fingerprint density at radius 3 is 2.44 bits per heavy atom. The Morgan fingerprint density at radius 1 is 1.22 bits per heavy atom. The molecule has 0 radical (unpaired) electrons. The van der Waals surface area contributed by atoms with Gasteiger partial charge in [-0.25, -0.2) is 4.79 Å². The molecule has 1 atom stereocenters. The molecule has 4 nitrogen and oxygen atoms in total.